The van der Waals surface area contributed by atoms with Crippen molar-refractivity contribution in [3.05, 3.63) is 60.2 Å². The van der Waals surface area contributed by atoms with Crippen molar-refractivity contribution < 1.29 is 13.2 Å². The van der Waals surface area contributed by atoms with E-state index >= 15 is 0 Å². The molecule has 0 saturated heterocycles. The minimum absolute atomic E-state index is 0.0158. The normalized spacial score (nSPS) is 12.5. The summed E-state index contributed by atoms with van der Waals surface area (Å²) in [6.07, 6.45) is 1.89. The first kappa shape index (κ1) is 20.8. The molecule has 1 atom stereocenters. The summed E-state index contributed by atoms with van der Waals surface area (Å²) in [6.45, 7) is 0. The van der Waals surface area contributed by atoms with Crippen molar-refractivity contribution in [2.24, 2.45) is 5.14 Å². The molecule has 1 amide bonds. The summed E-state index contributed by atoms with van der Waals surface area (Å²) >= 11 is 4.00. The zero-order chi connectivity index (χ0) is 20.1. The number of carbonyl (C=O) groups is 1. The monoisotopic (exact) mass is 452 g/mol. The molecule has 0 radical (unpaired) electrons. The fraction of sp³-hybridized carbons (Fsp3) is 0.118. The highest BCUT2D eigenvalue weighted by Gasteiger charge is 2.24. The zero-order valence-electron chi connectivity index (χ0n) is 14.6. The number of nitrogens with zero attached hydrogens (tertiary/aromatic N) is 2. The minimum Gasteiger partial charge on any atom is -0.325 e. The van der Waals surface area contributed by atoms with Crippen molar-refractivity contribution >= 4 is 56.7 Å². The van der Waals surface area contributed by atoms with Crippen molar-refractivity contribution in [1.29, 1.82) is 0 Å². The number of carbonyl (C=O) groups excluding carboxylic acids is 1. The van der Waals surface area contributed by atoms with Crippen LogP contribution in [-0.4, -0.2) is 29.9 Å². The standard InChI is InChI=1S/C17H16N4O3S4/c1-25-16-20-17(27-21-16)26-14(11-5-3-2-4-6-11)15(22)19-12-7-9-13(10-8-12)28(18,23)24/h2-10,14H,1H3,(H,19,22)(H2,18,23,24). The Bertz CT molecular complexity index is 1050. The summed E-state index contributed by atoms with van der Waals surface area (Å²) in [6, 6.07) is 15.1. The third-order valence-electron chi connectivity index (χ3n) is 3.58. The lowest BCUT2D eigenvalue weighted by atomic mass is 10.1. The van der Waals surface area contributed by atoms with Crippen LogP contribution in [0.2, 0.25) is 0 Å². The highest BCUT2D eigenvalue weighted by molar-refractivity contribution is 8.02. The van der Waals surface area contributed by atoms with Crippen LogP contribution in [0.4, 0.5) is 5.69 Å². The Labute approximate surface area is 175 Å². The first-order chi connectivity index (χ1) is 13.4. The van der Waals surface area contributed by atoms with Gasteiger partial charge in [0.15, 0.2) is 4.34 Å². The molecule has 0 bridgehead atoms. The van der Waals surface area contributed by atoms with E-state index in [0.717, 1.165) is 5.56 Å². The number of primary sulfonamides is 1. The average molecular weight is 453 g/mol. The fourth-order valence-corrected chi connectivity index (χ4v) is 5.19. The van der Waals surface area contributed by atoms with Crippen molar-refractivity contribution in [3.63, 3.8) is 0 Å². The molecule has 146 valence electrons. The predicted molar refractivity (Wildman–Crippen MR) is 113 cm³/mol. The smallest absolute Gasteiger partial charge is 0.242 e. The van der Waals surface area contributed by atoms with Crippen molar-refractivity contribution in [2.45, 2.75) is 19.6 Å². The second-order valence-electron chi connectivity index (χ2n) is 5.51. The van der Waals surface area contributed by atoms with Gasteiger partial charge in [-0.05, 0) is 47.6 Å². The van der Waals surface area contributed by atoms with E-state index < -0.39 is 15.3 Å². The minimum atomic E-state index is -3.78. The van der Waals surface area contributed by atoms with Gasteiger partial charge in [0.1, 0.15) is 5.25 Å². The largest absolute Gasteiger partial charge is 0.325 e. The van der Waals surface area contributed by atoms with Crippen LogP contribution in [-0.2, 0) is 14.8 Å². The number of sulfonamides is 1. The predicted octanol–water partition coefficient (Wildman–Crippen LogP) is 3.38. The number of benzene rings is 2. The van der Waals surface area contributed by atoms with Gasteiger partial charge >= 0.3 is 0 Å². The summed E-state index contributed by atoms with van der Waals surface area (Å²) in [7, 11) is -3.78. The molecule has 0 saturated carbocycles. The van der Waals surface area contributed by atoms with Crippen LogP contribution < -0.4 is 10.5 Å². The molecule has 3 aromatic rings. The quantitative estimate of drug-likeness (QED) is 0.528. The second kappa shape index (κ2) is 9.05. The first-order valence-electron chi connectivity index (χ1n) is 7.90. The molecule has 11 heteroatoms. The van der Waals surface area contributed by atoms with E-state index in [2.05, 4.69) is 14.7 Å². The van der Waals surface area contributed by atoms with E-state index in [1.165, 1.54) is 59.3 Å². The maximum absolute atomic E-state index is 13.0. The second-order valence-corrected chi connectivity index (χ2v) is 9.95. The topological polar surface area (TPSA) is 115 Å². The molecule has 0 aliphatic heterocycles. The third kappa shape index (κ3) is 5.32. The van der Waals surface area contributed by atoms with Crippen molar-refractivity contribution in [1.82, 2.24) is 9.36 Å². The van der Waals surface area contributed by atoms with Crippen LogP contribution in [0.5, 0.6) is 0 Å². The summed E-state index contributed by atoms with van der Waals surface area (Å²) in [5.74, 6) is -0.250. The average Bonchev–Trinajstić information content (AvgIpc) is 3.14. The Balaban J connectivity index is 1.82. The Hall–Kier alpha value is -1.92. The van der Waals surface area contributed by atoms with Gasteiger partial charge in [0, 0.05) is 5.69 Å². The van der Waals surface area contributed by atoms with Crippen LogP contribution in [0.25, 0.3) is 0 Å². The number of thioether (sulfide) groups is 2. The Kier molecular flexibility index (Phi) is 6.73. The van der Waals surface area contributed by atoms with Gasteiger partial charge in [-0.1, -0.05) is 53.9 Å². The molecule has 0 aliphatic rings. The van der Waals surface area contributed by atoms with Gasteiger partial charge in [-0.25, -0.2) is 18.5 Å². The Morgan fingerprint density at radius 2 is 1.82 bits per heavy atom. The Morgan fingerprint density at radius 3 is 2.39 bits per heavy atom. The summed E-state index contributed by atoms with van der Waals surface area (Å²) < 4.78 is 27.6. The molecule has 0 aliphatic carbocycles. The van der Waals surface area contributed by atoms with E-state index in [1.54, 1.807) is 0 Å². The van der Waals surface area contributed by atoms with Gasteiger partial charge < -0.3 is 5.32 Å². The molecule has 1 heterocycles. The number of rotatable bonds is 7. The van der Waals surface area contributed by atoms with Gasteiger partial charge in [0.05, 0.1) is 4.90 Å². The molecule has 0 spiro atoms. The van der Waals surface area contributed by atoms with Crippen LogP contribution >= 0.6 is 35.1 Å². The maximum atomic E-state index is 13.0. The third-order valence-corrected chi connectivity index (χ3v) is 7.21. The highest BCUT2D eigenvalue weighted by Crippen LogP contribution is 2.37. The van der Waals surface area contributed by atoms with E-state index in [0.29, 0.717) is 15.2 Å². The first-order valence-corrected chi connectivity index (χ1v) is 12.3. The highest BCUT2D eigenvalue weighted by atomic mass is 32.2. The van der Waals surface area contributed by atoms with E-state index in [9.17, 15) is 13.2 Å². The van der Waals surface area contributed by atoms with E-state index in [1.807, 2.05) is 36.6 Å². The van der Waals surface area contributed by atoms with Crippen LogP contribution in [0, 0.1) is 0 Å². The van der Waals surface area contributed by atoms with Crippen LogP contribution in [0.3, 0.4) is 0 Å². The SMILES string of the molecule is CSc1nsc(SC(C(=O)Nc2ccc(S(N)(=O)=O)cc2)c2ccccc2)n1. The summed E-state index contributed by atoms with van der Waals surface area (Å²) in [5.41, 5.74) is 1.30. The number of hydrogen-bond acceptors (Lipinski definition) is 8. The molecule has 1 unspecified atom stereocenters. The number of nitrogens with one attached hydrogen (secondary N) is 1. The fourth-order valence-electron chi connectivity index (χ4n) is 2.27. The molecular weight excluding hydrogens is 436 g/mol. The number of hydrogen-bond donors (Lipinski definition) is 2. The molecule has 1 aromatic heterocycles. The van der Waals surface area contributed by atoms with Crippen molar-refractivity contribution in [3.8, 4) is 0 Å². The number of aromatic nitrogens is 2. The maximum Gasteiger partial charge on any atom is 0.242 e. The van der Waals surface area contributed by atoms with Gasteiger partial charge in [0.25, 0.3) is 0 Å². The molecule has 0 fully saturated rings. The number of anilines is 1. The molecule has 7 nitrogen and oxygen atoms in total. The summed E-state index contributed by atoms with van der Waals surface area (Å²) in [5, 5.41) is 8.04. The number of amides is 1. The van der Waals surface area contributed by atoms with Gasteiger partial charge in [-0.15, -0.1) is 0 Å². The van der Waals surface area contributed by atoms with Gasteiger partial charge in [-0.2, -0.15) is 4.37 Å². The summed E-state index contributed by atoms with van der Waals surface area (Å²) in [4.78, 5) is 17.3. The number of nitrogens with two attached hydrogens (primary N) is 1. The molecule has 3 rings (SSSR count). The molecule has 28 heavy (non-hydrogen) atoms. The van der Waals surface area contributed by atoms with Crippen molar-refractivity contribution in [2.75, 3.05) is 11.6 Å². The molecule has 2 aromatic carbocycles. The van der Waals surface area contributed by atoms with Crippen LogP contribution in [0.1, 0.15) is 10.8 Å². The van der Waals surface area contributed by atoms with E-state index in [4.69, 9.17) is 5.14 Å². The van der Waals surface area contributed by atoms with Gasteiger partial charge in [-0.3, -0.25) is 4.79 Å². The van der Waals surface area contributed by atoms with E-state index in [-0.39, 0.29) is 10.8 Å². The lowest BCUT2D eigenvalue weighted by molar-refractivity contribution is -0.115. The zero-order valence-corrected chi connectivity index (χ0v) is 17.9. The van der Waals surface area contributed by atoms with Crippen LogP contribution in [0.15, 0.2) is 69.0 Å². The molecule has 3 N–H and O–H groups in total. The molecular formula is C17H16N4O3S4. The lowest BCUT2D eigenvalue weighted by Crippen LogP contribution is -2.19. The Morgan fingerprint density at radius 1 is 1.14 bits per heavy atom. The van der Waals surface area contributed by atoms with Gasteiger partial charge in [0.2, 0.25) is 21.1 Å². The lowest BCUT2D eigenvalue weighted by Gasteiger charge is -2.15.